The Kier molecular flexibility index (Phi) is 9.42. The summed E-state index contributed by atoms with van der Waals surface area (Å²) in [7, 11) is 0. The molecule has 0 fully saturated rings. The number of hydrogen-bond donors (Lipinski definition) is 2. The van der Waals surface area contributed by atoms with Crippen LogP contribution in [0.3, 0.4) is 0 Å². The van der Waals surface area contributed by atoms with Crippen molar-refractivity contribution in [2.45, 2.75) is 32.9 Å². The van der Waals surface area contributed by atoms with Gasteiger partial charge in [0.05, 0.1) is 6.54 Å². The summed E-state index contributed by atoms with van der Waals surface area (Å²) < 4.78 is 0. The van der Waals surface area contributed by atoms with Crippen LogP contribution in [0.1, 0.15) is 30.0 Å². The Balaban J connectivity index is 0.00000243. The Bertz CT molecular complexity index is 672. The molecule has 0 amide bonds. The maximum absolute atomic E-state index is 4.66. The van der Waals surface area contributed by atoms with Crippen molar-refractivity contribution in [2.24, 2.45) is 4.99 Å². The van der Waals surface area contributed by atoms with E-state index in [0.29, 0.717) is 0 Å². The quantitative estimate of drug-likeness (QED) is 0.271. The number of benzene rings is 1. The lowest BCUT2D eigenvalue weighted by Gasteiger charge is -2.28. The van der Waals surface area contributed by atoms with Crippen molar-refractivity contribution in [3.8, 4) is 0 Å². The van der Waals surface area contributed by atoms with Crippen molar-refractivity contribution < 1.29 is 0 Å². The molecular weight excluding hydrogens is 455 g/mol. The monoisotopic (exact) mass is 484 g/mol. The number of halogens is 1. The van der Waals surface area contributed by atoms with Crippen LogP contribution in [0.4, 0.5) is 0 Å². The first-order valence-electron chi connectivity index (χ1n) is 9.17. The maximum Gasteiger partial charge on any atom is 0.191 e. The van der Waals surface area contributed by atoms with Crippen LogP contribution in [0.25, 0.3) is 0 Å². The summed E-state index contributed by atoms with van der Waals surface area (Å²) in [5.41, 5.74) is 4.29. The van der Waals surface area contributed by atoms with Gasteiger partial charge in [0.25, 0.3) is 0 Å². The van der Waals surface area contributed by atoms with Crippen LogP contribution in [0, 0.1) is 0 Å². The Labute approximate surface area is 178 Å². The topological polar surface area (TPSA) is 39.7 Å². The molecule has 2 heterocycles. The van der Waals surface area contributed by atoms with Crippen molar-refractivity contribution in [1.29, 1.82) is 0 Å². The number of nitrogens with one attached hydrogen (secondary N) is 2. The van der Waals surface area contributed by atoms with E-state index in [0.717, 1.165) is 45.1 Å². The second-order valence-corrected chi connectivity index (χ2v) is 7.18. The molecule has 2 aromatic rings. The predicted molar refractivity (Wildman–Crippen MR) is 123 cm³/mol. The van der Waals surface area contributed by atoms with E-state index in [2.05, 4.69) is 68.5 Å². The molecule has 4 nitrogen and oxygen atoms in total. The van der Waals surface area contributed by atoms with Gasteiger partial charge in [0.1, 0.15) is 0 Å². The van der Waals surface area contributed by atoms with Gasteiger partial charge in [-0.2, -0.15) is 11.3 Å². The van der Waals surface area contributed by atoms with Gasteiger partial charge in [-0.05, 0) is 53.3 Å². The summed E-state index contributed by atoms with van der Waals surface area (Å²) in [6.45, 7) is 8.07. The first kappa shape index (κ1) is 21.2. The van der Waals surface area contributed by atoms with E-state index >= 15 is 0 Å². The van der Waals surface area contributed by atoms with E-state index < -0.39 is 0 Å². The van der Waals surface area contributed by atoms with Crippen LogP contribution >= 0.6 is 35.3 Å². The number of nitrogens with zero attached hydrogens (tertiary/aromatic N) is 2. The minimum absolute atomic E-state index is 0. The van der Waals surface area contributed by atoms with E-state index in [4.69, 9.17) is 0 Å². The molecule has 2 N–H and O–H groups in total. The summed E-state index contributed by atoms with van der Waals surface area (Å²) in [5, 5.41) is 11.0. The lowest BCUT2D eigenvalue weighted by molar-refractivity contribution is 0.251. The average molecular weight is 484 g/mol. The number of thiophene rings is 1. The second-order valence-electron chi connectivity index (χ2n) is 6.40. The molecule has 3 rings (SSSR count). The van der Waals surface area contributed by atoms with Gasteiger partial charge >= 0.3 is 0 Å². The highest BCUT2D eigenvalue weighted by Crippen LogP contribution is 2.18. The molecule has 0 unspecified atom stereocenters. The fourth-order valence-corrected chi connectivity index (χ4v) is 3.81. The van der Waals surface area contributed by atoms with Gasteiger partial charge in [-0.1, -0.05) is 24.3 Å². The zero-order valence-electron chi connectivity index (χ0n) is 15.4. The SMILES string of the molecule is CCNC(=NCc1ccsc1)NCCCN1CCc2ccccc2C1.I. The van der Waals surface area contributed by atoms with E-state index in [9.17, 15) is 0 Å². The van der Waals surface area contributed by atoms with Gasteiger partial charge < -0.3 is 10.6 Å². The van der Waals surface area contributed by atoms with Crippen molar-refractivity contribution in [3.63, 3.8) is 0 Å². The molecule has 0 bridgehead atoms. The minimum atomic E-state index is 0. The third kappa shape index (κ3) is 6.55. The standard InChI is InChI=1S/C20H28N4S.HI/c1-2-21-20(23-14-17-9-13-25-16-17)22-10-5-11-24-12-8-18-6-3-4-7-19(18)15-24;/h3-4,6-7,9,13,16H,2,5,8,10-12,14-15H2,1H3,(H2,21,22,23);1H. The molecule has 0 spiro atoms. The van der Waals surface area contributed by atoms with Gasteiger partial charge in [0.2, 0.25) is 0 Å². The van der Waals surface area contributed by atoms with E-state index in [1.807, 2.05) is 0 Å². The van der Waals surface area contributed by atoms with Gasteiger partial charge in [-0.25, -0.2) is 4.99 Å². The maximum atomic E-state index is 4.66. The van der Waals surface area contributed by atoms with Gasteiger partial charge in [0.15, 0.2) is 5.96 Å². The van der Waals surface area contributed by atoms with Crippen LogP contribution in [0.15, 0.2) is 46.1 Å². The smallest absolute Gasteiger partial charge is 0.191 e. The van der Waals surface area contributed by atoms with E-state index in [1.54, 1.807) is 11.3 Å². The second kappa shape index (κ2) is 11.6. The first-order valence-corrected chi connectivity index (χ1v) is 10.1. The highest BCUT2D eigenvalue weighted by Gasteiger charge is 2.14. The number of hydrogen-bond acceptors (Lipinski definition) is 3. The number of aliphatic imine (C=N–C) groups is 1. The average Bonchev–Trinajstić information content (AvgIpc) is 3.16. The Morgan fingerprint density at radius 1 is 1.19 bits per heavy atom. The number of rotatable bonds is 7. The van der Waals surface area contributed by atoms with Crippen molar-refractivity contribution in [3.05, 3.63) is 57.8 Å². The zero-order valence-corrected chi connectivity index (χ0v) is 18.6. The summed E-state index contributed by atoms with van der Waals surface area (Å²) in [5.74, 6) is 0.915. The first-order chi connectivity index (χ1) is 12.3. The summed E-state index contributed by atoms with van der Waals surface area (Å²) in [6, 6.07) is 11.0. The number of guanidine groups is 1. The van der Waals surface area contributed by atoms with Crippen LogP contribution in [-0.2, 0) is 19.5 Å². The minimum Gasteiger partial charge on any atom is -0.357 e. The number of fused-ring (bicyclic) bond motifs is 1. The Morgan fingerprint density at radius 3 is 2.81 bits per heavy atom. The third-order valence-corrected chi connectivity index (χ3v) is 5.23. The highest BCUT2D eigenvalue weighted by atomic mass is 127. The molecule has 0 saturated heterocycles. The third-order valence-electron chi connectivity index (χ3n) is 4.50. The van der Waals surface area contributed by atoms with Gasteiger partial charge in [0, 0.05) is 32.7 Å². The predicted octanol–water partition coefficient (Wildman–Crippen LogP) is 3.87. The normalized spacial score (nSPS) is 14.4. The van der Waals surface area contributed by atoms with Crippen molar-refractivity contribution in [1.82, 2.24) is 15.5 Å². The molecule has 6 heteroatoms. The molecule has 1 aromatic heterocycles. The van der Waals surface area contributed by atoms with Gasteiger partial charge in [-0.15, -0.1) is 24.0 Å². The van der Waals surface area contributed by atoms with Crippen LogP contribution < -0.4 is 10.6 Å². The Morgan fingerprint density at radius 2 is 2.04 bits per heavy atom. The van der Waals surface area contributed by atoms with Crippen LogP contribution in [0.5, 0.6) is 0 Å². The molecule has 26 heavy (non-hydrogen) atoms. The van der Waals surface area contributed by atoms with E-state index in [-0.39, 0.29) is 24.0 Å². The summed E-state index contributed by atoms with van der Waals surface area (Å²) >= 11 is 1.72. The van der Waals surface area contributed by atoms with E-state index in [1.165, 1.54) is 29.7 Å². The zero-order chi connectivity index (χ0) is 17.3. The van der Waals surface area contributed by atoms with Crippen molar-refractivity contribution >= 4 is 41.3 Å². The van der Waals surface area contributed by atoms with Crippen molar-refractivity contribution in [2.75, 3.05) is 26.2 Å². The van der Waals surface area contributed by atoms with Crippen LogP contribution in [0.2, 0.25) is 0 Å². The molecule has 142 valence electrons. The van der Waals surface area contributed by atoms with Gasteiger partial charge in [-0.3, -0.25) is 4.90 Å². The molecule has 0 saturated carbocycles. The highest BCUT2D eigenvalue weighted by molar-refractivity contribution is 14.0. The Hall–Kier alpha value is -1.12. The lowest BCUT2D eigenvalue weighted by Crippen LogP contribution is -2.39. The largest absolute Gasteiger partial charge is 0.357 e. The molecule has 0 atom stereocenters. The fourth-order valence-electron chi connectivity index (χ4n) is 3.15. The fraction of sp³-hybridized carbons (Fsp3) is 0.450. The lowest BCUT2D eigenvalue weighted by atomic mass is 10.00. The summed E-state index contributed by atoms with van der Waals surface area (Å²) in [6.07, 6.45) is 2.30. The molecule has 1 aromatic carbocycles. The molecule has 1 aliphatic heterocycles. The molecule has 0 radical (unpaired) electrons. The van der Waals surface area contributed by atoms with Crippen LogP contribution in [-0.4, -0.2) is 37.0 Å². The molecule has 0 aliphatic carbocycles. The summed E-state index contributed by atoms with van der Waals surface area (Å²) in [4.78, 5) is 7.21. The molecular formula is C20H29IN4S. The molecule has 1 aliphatic rings.